The number of hydrogen-bond acceptors (Lipinski definition) is 4. The van der Waals surface area contributed by atoms with Gasteiger partial charge in [-0.15, -0.1) is 0 Å². The van der Waals surface area contributed by atoms with Crippen molar-refractivity contribution < 1.29 is 9.59 Å². The predicted octanol–water partition coefficient (Wildman–Crippen LogP) is 2.91. The molecular formula is C21H35N5O2. The highest BCUT2D eigenvalue weighted by Gasteiger charge is 2.35. The van der Waals surface area contributed by atoms with Crippen LogP contribution in [0.25, 0.3) is 0 Å². The number of amides is 3. The van der Waals surface area contributed by atoms with Gasteiger partial charge in [0, 0.05) is 38.9 Å². The third-order valence-electron chi connectivity index (χ3n) is 5.40. The SMILES string of the molecule is CCCNC(=O)N(NC(C)=O)C1CCCC1CCc1ccc(N(C)C)cc1N. The van der Waals surface area contributed by atoms with E-state index < -0.39 is 0 Å². The molecule has 0 bridgehead atoms. The van der Waals surface area contributed by atoms with E-state index in [1.165, 1.54) is 11.9 Å². The first kappa shape index (κ1) is 21.9. The van der Waals surface area contributed by atoms with Crippen LogP contribution in [0.3, 0.4) is 0 Å². The van der Waals surface area contributed by atoms with E-state index in [4.69, 9.17) is 5.73 Å². The van der Waals surface area contributed by atoms with E-state index in [1.807, 2.05) is 32.0 Å². The smallest absolute Gasteiger partial charge is 0.336 e. The molecule has 0 saturated heterocycles. The fourth-order valence-corrected chi connectivity index (χ4v) is 3.89. The molecule has 0 heterocycles. The number of hydrazine groups is 1. The molecule has 7 heteroatoms. The van der Waals surface area contributed by atoms with Gasteiger partial charge in [-0.2, -0.15) is 0 Å². The van der Waals surface area contributed by atoms with Gasteiger partial charge in [-0.25, -0.2) is 9.80 Å². The highest BCUT2D eigenvalue weighted by molar-refractivity contribution is 5.80. The van der Waals surface area contributed by atoms with Crippen LogP contribution in [-0.4, -0.2) is 43.6 Å². The molecular weight excluding hydrogens is 354 g/mol. The van der Waals surface area contributed by atoms with Gasteiger partial charge in [0.2, 0.25) is 5.91 Å². The number of nitrogens with two attached hydrogens (primary N) is 1. The maximum absolute atomic E-state index is 12.6. The minimum Gasteiger partial charge on any atom is -0.398 e. The normalized spacial score (nSPS) is 18.6. The monoisotopic (exact) mass is 389 g/mol. The summed E-state index contributed by atoms with van der Waals surface area (Å²) in [6, 6.07) is 5.98. The minimum atomic E-state index is -0.221. The van der Waals surface area contributed by atoms with Gasteiger partial charge in [0.1, 0.15) is 0 Å². The molecule has 1 aromatic rings. The van der Waals surface area contributed by atoms with Crippen molar-refractivity contribution in [3.63, 3.8) is 0 Å². The molecule has 3 amide bonds. The van der Waals surface area contributed by atoms with Gasteiger partial charge < -0.3 is 16.0 Å². The summed E-state index contributed by atoms with van der Waals surface area (Å²) in [6.45, 7) is 4.05. The molecule has 2 atom stereocenters. The van der Waals surface area contributed by atoms with Crippen LogP contribution in [0.1, 0.15) is 51.5 Å². The molecule has 2 unspecified atom stereocenters. The molecule has 0 aliphatic heterocycles. The average Bonchev–Trinajstić information content (AvgIpc) is 3.11. The Morgan fingerprint density at radius 3 is 2.61 bits per heavy atom. The van der Waals surface area contributed by atoms with Crippen molar-refractivity contribution in [1.82, 2.24) is 15.8 Å². The summed E-state index contributed by atoms with van der Waals surface area (Å²) in [6.07, 6.45) is 5.67. The maximum Gasteiger partial charge on any atom is 0.336 e. The molecule has 28 heavy (non-hydrogen) atoms. The molecule has 1 aliphatic carbocycles. The van der Waals surface area contributed by atoms with Crippen molar-refractivity contribution >= 4 is 23.3 Å². The first-order valence-corrected chi connectivity index (χ1v) is 10.2. The molecule has 1 aliphatic rings. The summed E-state index contributed by atoms with van der Waals surface area (Å²) < 4.78 is 0. The zero-order valence-corrected chi connectivity index (χ0v) is 17.6. The maximum atomic E-state index is 12.6. The second-order valence-corrected chi connectivity index (χ2v) is 7.84. The molecule has 0 spiro atoms. The first-order valence-electron chi connectivity index (χ1n) is 10.2. The van der Waals surface area contributed by atoms with E-state index in [0.717, 1.165) is 55.5 Å². The van der Waals surface area contributed by atoms with Gasteiger partial charge in [-0.05, 0) is 55.7 Å². The number of benzene rings is 1. The summed E-state index contributed by atoms with van der Waals surface area (Å²) in [5, 5.41) is 4.40. The summed E-state index contributed by atoms with van der Waals surface area (Å²) in [7, 11) is 4.00. The number of nitrogens with one attached hydrogen (secondary N) is 2. The molecule has 2 rings (SSSR count). The quantitative estimate of drug-likeness (QED) is 0.494. The average molecular weight is 390 g/mol. The Balaban J connectivity index is 2.05. The van der Waals surface area contributed by atoms with Gasteiger partial charge >= 0.3 is 6.03 Å². The van der Waals surface area contributed by atoms with Crippen LogP contribution in [0.15, 0.2) is 18.2 Å². The number of nitrogens with zero attached hydrogens (tertiary/aromatic N) is 2. The number of rotatable bonds is 7. The van der Waals surface area contributed by atoms with Gasteiger partial charge in [0.15, 0.2) is 0 Å². The largest absolute Gasteiger partial charge is 0.398 e. The van der Waals surface area contributed by atoms with Crippen LogP contribution in [0.4, 0.5) is 16.2 Å². The van der Waals surface area contributed by atoms with E-state index in [2.05, 4.69) is 22.9 Å². The Morgan fingerprint density at radius 1 is 1.25 bits per heavy atom. The topological polar surface area (TPSA) is 90.7 Å². The Bertz CT molecular complexity index is 677. The number of nitrogen functional groups attached to an aromatic ring is 1. The lowest BCUT2D eigenvalue weighted by Gasteiger charge is -2.33. The lowest BCUT2D eigenvalue weighted by molar-refractivity contribution is -0.123. The van der Waals surface area contributed by atoms with Crippen LogP contribution in [0.5, 0.6) is 0 Å². The summed E-state index contributed by atoms with van der Waals surface area (Å²) in [5.74, 6) is 0.118. The number of aryl methyl sites for hydroxylation is 1. The Hall–Kier alpha value is -2.44. The van der Waals surface area contributed by atoms with Gasteiger partial charge in [-0.1, -0.05) is 19.4 Å². The molecule has 0 radical (unpaired) electrons. The third-order valence-corrected chi connectivity index (χ3v) is 5.40. The summed E-state index contributed by atoms with van der Waals surface area (Å²) in [5.41, 5.74) is 12.0. The number of hydrogen-bond donors (Lipinski definition) is 3. The van der Waals surface area contributed by atoms with Crippen molar-refractivity contribution in [2.24, 2.45) is 5.92 Å². The van der Waals surface area contributed by atoms with E-state index in [1.54, 1.807) is 0 Å². The van der Waals surface area contributed by atoms with E-state index >= 15 is 0 Å². The van der Waals surface area contributed by atoms with Crippen molar-refractivity contribution in [2.75, 3.05) is 31.3 Å². The zero-order valence-electron chi connectivity index (χ0n) is 17.6. The third kappa shape index (κ3) is 5.78. The van der Waals surface area contributed by atoms with Crippen molar-refractivity contribution in [3.8, 4) is 0 Å². The fourth-order valence-electron chi connectivity index (χ4n) is 3.89. The second kappa shape index (κ2) is 10.2. The van der Waals surface area contributed by atoms with Crippen LogP contribution in [0, 0.1) is 5.92 Å². The molecule has 1 aromatic carbocycles. The number of anilines is 2. The van der Waals surface area contributed by atoms with E-state index in [-0.39, 0.29) is 18.0 Å². The lowest BCUT2D eigenvalue weighted by Crippen LogP contribution is -2.56. The highest BCUT2D eigenvalue weighted by Crippen LogP contribution is 2.33. The van der Waals surface area contributed by atoms with Gasteiger partial charge in [-0.3, -0.25) is 10.2 Å². The lowest BCUT2D eigenvalue weighted by atomic mass is 9.94. The van der Waals surface area contributed by atoms with E-state index in [0.29, 0.717) is 12.5 Å². The molecule has 1 saturated carbocycles. The number of urea groups is 1. The zero-order chi connectivity index (χ0) is 20.7. The minimum absolute atomic E-state index is 0.0167. The first-order chi connectivity index (χ1) is 13.3. The van der Waals surface area contributed by atoms with E-state index in [9.17, 15) is 9.59 Å². The predicted molar refractivity (Wildman–Crippen MR) is 114 cm³/mol. The van der Waals surface area contributed by atoms with Gasteiger partial charge in [0.05, 0.1) is 6.04 Å². The van der Waals surface area contributed by atoms with Crippen LogP contribution in [-0.2, 0) is 11.2 Å². The molecule has 156 valence electrons. The Morgan fingerprint density at radius 2 is 2.00 bits per heavy atom. The van der Waals surface area contributed by atoms with Crippen LogP contribution in [0.2, 0.25) is 0 Å². The Kier molecular flexibility index (Phi) is 7.96. The Labute approximate surface area is 168 Å². The number of carbonyl (C=O) groups excluding carboxylic acids is 2. The standard InChI is InChI=1S/C21H35N5O2/c1-5-13-23-21(28)26(24-15(2)27)20-8-6-7-17(20)10-9-16-11-12-18(25(3)4)14-19(16)22/h11-12,14,17,20H,5-10,13,22H2,1-4H3,(H,23,28)(H,24,27). The second-order valence-electron chi connectivity index (χ2n) is 7.84. The number of carbonyl (C=O) groups is 2. The van der Waals surface area contributed by atoms with Gasteiger partial charge in [0.25, 0.3) is 0 Å². The summed E-state index contributed by atoms with van der Waals surface area (Å²) in [4.78, 5) is 26.3. The van der Waals surface area contributed by atoms with Crippen molar-refractivity contribution in [1.29, 1.82) is 0 Å². The van der Waals surface area contributed by atoms with Crippen LogP contribution < -0.4 is 21.4 Å². The molecule has 0 aromatic heterocycles. The molecule has 1 fully saturated rings. The highest BCUT2D eigenvalue weighted by atomic mass is 16.2. The van der Waals surface area contributed by atoms with Crippen molar-refractivity contribution in [3.05, 3.63) is 23.8 Å². The molecule has 4 N–H and O–H groups in total. The van der Waals surface area contributed by atoms with Crippen LogP contribution >= 0.6 is 0 Å². The van der Waals surface area contributed by atoms with Crippen molar-refractivity contribution in [2.45, 2.75) is 58.4 Å². The fraction of sp³-hybridized carbons (Fsp3) is 0.619. The molecule has 7 nitrogen and oxygen atoms in total. The summed E-state index contributed by atoms with van der Waals surface area (Å²) >= 11 is 0.